The molecular weight excluding hydrogens is 366 g/mol. The fourth-order valence-electron chi connectivity index (χ4n) is 3.20. The van der Waals surface area contributed by atoms with Gasteiger partial charge in [-0.25, -0.2) is 13.5 Å². The molecule has 0 radical (unpaired) electrons. The van der Waals surface area contributed by atoms with Gasteiger partial charge in [0.25, 0.3) is 5.91 Å². The fourth-order valence-corrected chi connectivity index (χ4v) is 3.20. The van der Waals surface area contributed by atoms with E-state index in [1.54, 1.807) is 17.9 Å². The van der Waals surface area contributed by atoms with Crippen molar-refractivity contribution in [1.29, 1.82) is 0 Å². The molecule has 0 unspecified atom stereocenters. The van der Waals surface area contributed by atoms with Crippen LogP contribution in [0.2, 0.25) is 0 Å². The molecule has 0 spiro atoms. The second kappa shape index (κ2) is 7.40. The summed E-state index contributed by atoms with van der Waals surface area (Å²) in [7, 11) is 1.58. The Balaban J connectivity index is 1.60. The van der Waals surface area contributed by atoms with Crippen molar-refractivity contribution >= 4 is 5.91 Å². The SMILES string of the molecule is COc1cccc(-c2cc3n(n2)[C@@H](NCc2cc(F)cc(F)c2)CNC3=O)c1. The van der Waals surface area contributed by atoms with Crippen molar-refractivity contribution in [3.8, 4) is 17.0 Å². The maximum atomic E-state index is 13.4. The number of benzene rings is 2. The summed E-state index contributed by atoms with van der Waals surface area (Å²) in [6, 6.07) is 12.5. The van der Waals surface area contributed by atoms with Crippen molar-refractivity contribution in [3.05, 3.63) is 71.4 Å². The highest BCUT2D eigenvalue weighted by Crippen LogP contribution is 2.26. The summed E-state index contributed by atoms with van der Waals surface area (Å²) in [4.78, 5) is 12.2. The van der Waals surface area contributed by atoms with E-state index in [1.165, 1.54) is 12.1 Å². The first kappa shape index (κ1) is 18.1. The highest BCUT2D eigenvalue weighted by atomic mass is 19.1. The molecule has 4 rings (SSSR count). The Hall–Kier alpha value is -3.26. The van der Waals surface area contributed by atoms with Gasteiger partial charge in [-0.1, -0.05) is 12.1 Å². The number of rotatable bonds is 5. The average Bonchev–Trinajstić information content (AvgIpc) is 3.13. The van der Waals surface area contributed by atoms with E-state index in [9.17, 15) is 13.6 Å². The zero-order valence-electron chi connectivity index (χ0n) is 15.1. The largest absolute Gasteiger partial charge is 0.497 e. The highest BCUT2D eigenvalue weighted by Gasteiger charge is 2.27. The molecule has 0 saturated carbocycles. The van der Waals surface area contributed by atoms with Crippen LogP contribution in [-0.2, 0) is 6.54 Å². The van der Waals surface area contributed by atoms with Crippen LogP contribution < -0.4 is 15.4 Å². The smallest absolute Gasteiger partial charge is 0.269 e. The standard InChI is InChI=1S/C20H18F2N4O2/c1-28-16-4-2-3-13(7-16)17-9-18-20(27)24-11-19(26(18)25-17)23-10-12-5-14(21)8-15(22)6-12/h2-9,19,23H,10-11H2,1H3,(H,24,27)/t19-/m1/s1. The van der Waals surface area contributed by atoms with Crippen LogP contribution in [0.4, 0.5) is 8.78 Å². The summed E-state index contributed by atoms with van der Waals surface area (Å²) in [5.74, 6) is -0.796. The van der Waals surface area contributed by atoms with Gasteiger partial charge in [0, 0.05) is 18.2 Å². The summed E-state index contributed by atoms with van der Waals surface area (Å²) < 4.78 is 33.6. The first-order chi connectivity index (χ1) is 13.5. The molecule has 1 aliphatic rings. The van der Waals surface area contributed by atoms with Crippen LogP contribution in [0.5, 0.6) is 5.75 Å². The van der Waals surface area contributed by atoms with Crippen molar-refractivity contribution in [2.75, 3.05) is 13.7 Å². The van der Waals surface area contributed by atoms with E-state index in [1.807, 2.05) is 24.3 Å². The number of halogens is 2. The van der Waals surface area contributed by atoms with Crippen LogP contribution in [0.15, 0.2) is 48.5 Å². The Morgan fingerprint density at radius 3 is 2.75 bits per heavy atom. The summed E-state index contributed by atoms with van der Waals surface area (Å²) in [6.45, 7) is 0.534. The van der Waals surface area contributed by atoms with E-state index in [0.717, 1.165) is 11.6 Å². The van der Waals surface area contributed by atoms with Crippen molar-refractivity contribution in [2.45, 2.75) is 12.7 Å². The van der Waals surface area contributed by atoms with E-state index in [2.05, 4.69) is 15.7 Å². The van der Waals surface area contributed by atoms with Crippen molar-refractivity contribution in [2.24, 2.45) is 0 Å². The van der Waals surface area contributed by atoms with E-state index >= 15 is 0 Å². The molecule has 0 bridgehead atoms. The average molecular weight is 384 g/mol. The molecule has 1 atom stereocenters. The Kier molecular flexibility index (Phi) is 4.79. The monoisotopic (exact) mass is 384 g/mol. The van der Waals surface area contributed by atoms with E-state index in [4.69, 9.17) is 4.74 Å². The van der Waals surface area contributed by atoms with Gasteiger partial charge in [-0.05, 0) is 35.9 Å². The van der Waals surface area contributed by atoms with Crippen molar-refractivity contribution in [1.82, 2.24) is 20.4 Å². The van der Waals surface area contributed by atoms with Gasteiger partial charge in [0.15, 0.2) is 0 Å². The number of nitrogens with zero attached hydrogens (tertiary/aromatic N) is 2. The Bertz CT molecular complexity index is 1010. The minimum atomic E-state index is -0.631. The van der Waals surface area contributed by atoms with Crippen molar-refractivity contribution in [3.63, 3.8) is 0 Å². The maximum Gasteiger partial charge on any atom is 0.269 e. The zero-order valence-corrected chi connectivity index (χ0v) is 15.1. The number of fused-ring (bicyclic) bond motifs is 1. The predicted octanol–water partition coefficient (Wildman–Crippen LogP) is 2.87. The van der Waals surface area contributed by atoms with Gasteiger partial charge < -0.3 is 10.1 Å². The van der Waals surface area contributed by atoms with E-state index in [0.29, 0.717) is 29.2 Å². The molecule has 0 aliphatic carbocycles. The number of aromatic nitrogens is 2. The minimum absolute atomic E-state index is 0.225. The van der Waals surface area contributed by atoms with Crippen LogP contribution in [0, 0.1) is 11.6 Å². The van der Waals surface area contributed by atoms with Crippen LogP contribution in [0.25, 0.3) is 11.3 Å². The summed E-state index contributed by atoms with van der Waals surface area (Å²) >= 11 is 0. The summed E-state index contributed by atoms with van der Waals surface area (Å²) in [5.41, 5.74) is 2.33. The maximum absolute atomic E-state index is 13.4. The molecule has 0 saturated heterocycles. The molecule has 8 heteroatoms. The van der Waals surface area contributed by atoms with Crippen LogP contribution in [0.1, 0.15) is 22.2 Å². The third-order valence-corrected chi connectivity index (χ3v) is 4.55. The normalized spacial score (nSPS) is 15.8. The first-order valence-electron chi connectivity index (χ1n) is 8.74. The quantitative estimate of drug-likeness (QED) is 0.710. The van der Waals surface area contributed by atoms with Gasteiger partial charge in [-0.2, -0.15) is 5.10 Å². The topological polar surface area (TPSA) is 68.2 Å². The predicted molar refractivity (Wildman–Crippen MR) is 98.8 cm³/mol. The minimum Gasteiger partial charge on any atom is -0.497 e. The highest BCUT2D eigenvalue weighted by molar-refractivity contribution is 5.94. The number of methoxy groups -OCH3 is 1. The number of carbonyl (C=O) groups is 1. The number of ether oxygens (including phenoxy) is 1. The van der Waals surface area contributed by atoms with Gasteiger partial charge in [-0.3, -0.25) is 10.1 Å². The molecule has 2 aromatic carbocycles. The second-order valence-electron chi connectivity index (χ2n) is 6.48. The molecule has 144 valence electrons. The van der Waals surface area contributed by atoms with Crippen LogP contribution in [-0.4, -0.2) is 29.3 Å². The lowest BCUT2D eigenvalue weighted by molar-refractivity contribution is 0.0900. The van der Waals surface area contributed by atoms with Gasteiger partial charge in [0.2, 0.25) is 0 Å². The molecule has 2 N–H and O–H groups in total. The second-order valence-corrected chi connectivity index (χ2v) is 6.48. The Morgan fingerprint density at radius 2 is 2.00 bits per heavy atom. The van der Waals surface area contributed by atoms with E-state index in [-0.39, 0.29) is 18.6 Å². The van der Waals surface area contributed by atoms with Gasteiger partial charge in [-0.15, -0.1) is 0 Å². The molecule has 1 amide bonds. The molecule has 6 nitrogen and oxygen atoms in total. The molecular formula is C20H18F2N4O2. The van der Waals surface area contributed by atoms with Crippen LogP contribution in [0.3, 0.4) is 0 Å². The Morgan fingerprint density at radius 1 is 1.21 bits per heavy atom. The number of hydrogen-bond donors (Lipinski definition) is 2. The lowest BCUT2D eigenvalue weighted by Gasteiger charge is -2.25. The number of hydrogen-bond acceptors (Lipinski definition) is 4. The van der Waals surface area contributed by atoms with Gasteiger partial charge in [0.05, 0.1) is 19.3 Å². The third-order valence-electron chi connectivity index (χ3n) is 4.55. The third kappa shape index (κ3) is 3.59. The molecule has 28 heavy (non-hydrogen) atoms. The van der Waals surface area contributed by atoms with Crippen LogP contribution >= 0.6 is 0 Å². The zero-order chi connectivity index (χ0) is 19.7. The lowest BCUT2D eigenvalue weighted by atomic mass is 10.1. The molecule has 2 heterocycles. The number of carbonyl (C=O) groups excluding carboxylic acids is 1. The number of nitrogens with one attached hydrogen (secondary N) is 2. The lowest BCUT2D eigenvalue weighted by Crippen LogP contribution is -2.45. The van der Waals surface area contributed by atoms with Gasteiger partial charge >= 0.3 is 0 Å². The van der Waals surface area contributed by atoms with E-state index < -0.39 is 11.6 Å². The summed E-state index contributed by atoms with van der Waals surface area (Å²) in [5, 5.41) is 10.5. The molecule has 0 fully saturated rings. The fraction of sp³-hybridized carbons (Fsp3) is 0.200. The first-order valence-corrected chi connectivity index (χ1v) is 8.74. The molecule has 3 aromatic rings. The molecule has 1 aromatic heterocycles. The van der Waals surface area contributed by atoms with Crippen molar-refractivity contribution < 1.29 is 18.3 Å². The summed E-state index contributed by atoms with van der Waals surface area (Å²) in [6.07, 6.45) is -0.349. The molecule has 1 aliphatic heterocycles. The number of amides is 1. The Labute approximate surface area is 160 Å². The van der Waals surface area contributed by atoms with Gasteiger partial charge in [0.1, 0.15) is 29.2 Å².